The van der Waals surface area contributed by atoms with Crippen molar-refractivity contribution < 1.29 is 5.11 Å². The Labute approximate surface area is 210 Å². The lowest BCUT2D eigenvalue weighted by Crippen LogP contribution is -2.47. The van der Waals surface area contributed by atoms with Gasteiger partial charge in [-0.1, -0.05) is 60.7 Å². The maximum absolute atomic E-state index is 9.37. The summed E-state index contributed by atoms with van der Waals surface area (Å²) in [6.07, 6.45) is 3.61. The molecule has 7 heteroatoms. The second-order valence-electron chi connectivity index (χ2n) is 8.98. The average Bonchev–Trinajstić information content (AvgIpc) is 3.34. The first kappa shape index (κ1) is 22.4. The van der Waals surface area contributed by atoms with E-state index in [-0.39, 0.29) is 6.61 Å². The summed E-state index contributed by atoms with van der Waals surface area (Å²) >= 11 is 0. The first-order valence-electron chi connectivity index (χ1n) is 12.3. The Morgan fingerprint density at radius 3 is 2.08 bits per heavy atom. The van der Waals surface area contributed by atoms with Crippen LogP contribution in [0, 0.1) is 0 Å². The number of pyridine rings is 1. The third-order valence-corrected chi connectivity index (χ3v) is 6.77. The van der Waals surface area contributed by atoms with Crippen LogP contribution < -0.4 is 4.90 Å². The van der Waals surface area contributed by atoms with Crippen LogP contribution in [0.5, 0.6) is 0 Å². The zero-order valence-corrected chi connectivity index (χ0v) is 20.0. The number of β-amino-alcohol motifs (C(OH)–C–C–N with tert-alkyl or cyclic N) is 1. The minimum absolute atomic E-state index is 0.187. The van der Waals surface area contributed by atoms with Crippen molar-refractivity contribution in [2.75, 3.05) is 44.2 Å². The molecule has 0 bridgehead atoms. The third-order valence-electron chi connectivity index (χ3n) is 6.77. The SMILES string of the molecule is OCCN1CCN(c2cc(-c3ccccc3)nc3c(-c4ccccc4)c(-c4ccncc4)nn23)CC1. The Morgan fingerprint density at radius 1 is 0.750 bits per heavy atom. The summed E-state index contributed by atoms with van der Waals surface area (Å²) in [5.74, 6) is 1.03. The zero-order valence-electron chi connectivity index (χ0n) is 20.0. The van der Waals surface area contributed by atoms with Gasteiger partial charge in [0.1, 0.15) is 11.5 Å². The Balaban J connectivity index is 1.59. The fourth-order valence-corrected chi connectivity index (χ4v) is 4.91. The number of rotatable bonds is 6. The monoisotopic (exact) mass is 476 g/mol. The highest BCUT2D eigenvalue weighted by Gasteiger charge is 2.25. The second kappa shape index (κ2) is 9.89. The van der Waals surface area contributed by atoms with Crippen molar-refractivity contribution in [3.8, 4) is 33.6 Å². The molecule has 0 aliphatic carbocycles. The van der Waals surface area contributed by atoms with E-state index >= 15 is 0 Å². The van der Waals surface area contributed by atoms with Crippen LogP contribution in [0.25, 0.3) is 39.3 Å². The quantitative estimate of drug-likeness (QED) is 0.395. The summed E-state index contributed by atoms with van der Waals surface area (Å²) in [6.45, 7) is 4.41. The maximum atomic E-state index is 9.37. The van der Waals surface area contributed by atoms with Gasteiger partial charge in [0.15, 0.2) is 5.65 Å². The molecule has 2 aromatic carbocycles. The van der Waals surface area contributed by atoms with Gasteiger partial charge in [-0.2, -0.15) is 9.61 Å². The highest BCUT2D eigenvalue weighted by molar-refractivity contribution is 5.92. The van der Waals surface area contributed by atoms with E-state index in [2.05, 4.69) is 57.2 Å². The molecule has 1 fully saturated rings. The molecule has 1 aliphatic rings. The minimum atomic E-state index is 0.187. The van der Waals surface area contributed by atoms with Gasteiger partial charge in [0.25, 0.3) is 0 Å². The number of aromatic nitrogens is 4. The molecule has 5 aromatic rings. The number of piperazine rings is 1. The summed E-state index contributed by atoms with van der Waals surface area (Å²) in [4.78, 5) is 14.1. The van der Waals surface area contributed by atoms with Gasteiger partial charge in [-0.25, -0.2) is 4.98 Å². The summed E-state index contributed by atoms with van der Waals surface area (Å²) < 4.78 is 2.01. The third kappa shape index (κ3) is 4.23. The number of anilines is 1. The summed E-state index contributed by atoms with van der Waals surface area (Å²) in [7, 11) is 0. The number of aliphatic hydroxyl groups is 1. The molecule has 36 heavy (non-hydrogen) atoms. The Hall–Kier alpha value is -4.07. The van der Waals surface area contributed by atoms with E-state index in [0.717, 1.165) is 71.3 Å². The van der Waals surface area contributed by atoms with Crippen LogP contribution in [-0.4, -0.2) is 68.9 Å². The van der Waals surface area contributed by atoms with Gasteiger partial charge in [-0.15, -0.1) is 0 Å². The molecule has 1 aliphatic heterocycles. The molecular formula is C29H28N6O. The van der Waals surface area contributed by atoms with Crippen molar-refractivity contribution in [1.29, 1.82) is 0 Å². The lowest BCUT2D eigenvalue weighted by Gasteiger charge is -2.35. The van der Waals surface area contributed by atoms with Gasteiger partial charge >= 0.3 is 0 Å². The molecule has 0 spiro atoms. The zero-order chi connectivity index (χ0) is 24.3. The standard InChI is InChI=1S/C29H28N6O/c36-20-19-33-15-17-34(18-16-33)26-21-25(22-7-3-1-4-8-22)31-29-27(23-9-5-2-6-10-23)28(32-35(26)29)24-11-13-30-14-12-24/h1-14,21,36H,15-20H2. The van der Waals surface area contributed by atoms with Crippen molar-refractivity contribution in [1.82, 2.24) is 24.5 Å². The number of aliphatic hydroxyl groups excluding tert-OH is 1. The number of fused-ring (bicyclic) bond motifs is 1. The van der Waals surface area contributed by atoms with Crippen LogP contribution >= 0.6 is 0 Å². The van der Waals surface area contributed by atoms with Gasteiger partial charge in [0, 0.05) is 62.3 Å². The van der Waals surface area contributed by atoms with Crippen LogP contribution in [-0.2, 0) is 0 Å². The van der Waals surface area contributed by atoms with E-state index in [1.807, 2.05) is 40.9 Å². The van der Waals surface area contributed by atoms with Crippen LogP contribution in [0.3, 0.4) is 0 Å². The molecule has 4 heterocycles. The normalized spacial score (nSPS) is 14.4. The van der Waals surface area contributed by atoms with Gasteiger partial charge < -0.3 is 10.0 Å². The minimum Gasteiger partial charge on any atom is -0.395 e. The molecule has 180 valence electrons. The summed E-state index contributed by atoms with van der Waals surface area (Å²) in [6, 6.07) is 26.8. The molecule has 0 radical (unpaired) electrons. The summed E-state index contributed by atoms with van der Waals surface area (Å²) in [5, 5.41) is 14.5. The average molecular weight is 477 g/mol. The fraction of sp³-hybridized carbons (Fsp3) is 0.207. The van der Waals surface area contributed by atoms with Crippen molar-refractivity contribution in [3.05, 3.63) is 91.3 Å². The number of nitrogens with zero attached hydrogens (tertiary/aromatic N) is 6. The largest absolute Gasteiger partial charge is 0.395 e. The van der Waals surface area contributed by atoms with E-state index < -0.39 is 0 Å². The topological polar surface area (TPSA) is 69.8 Å². The van der Waals surface area contributed by atoms with Crippen LogP contribution in [0.4, 0.5) is 5.82 Å². The highest BCUT2D eigenvalue weighted by Crippen LogP contribution is 2.37. The Morgan fingerprint density at radius 2 is 1.42 bits per heavy atom. The lowest BCUT2D eigenvalue weighted by atomic mass is 10.0. The van der Waals surface area contributed by atoms with Crippen molar-refractivity contribution >= 4 is 11.5 Å². The molecule has 1 saturated heterocycles. The van der Waals surface area contributed by atoms with Crippen molar-refractivity contribution in [2.24, 2.45) is 0 Å². The highest BCUT2D eigenvalue weighted by atomic mass is 16.3. The molecule has 0 saturated carbocycles. The molecule has 6 rings (SSSR count). The van der Waals surface area contributed by atoms with E-state index in [0.29, 0.717) is 6.54 Å². The van der Waals surface area contributed by atoms with Crippen molar-refractivity contribution in [2.45, 2.75) is 0 Å². The molecule has 0 unspecified atom stereocenters. The van der Waals surface area contributed by atoms with Gasteiger partial charge in [0.05, 0.1) is 17.9 Å². The van der Waals surface area contributed by atoms with Crippen molar-refractivity contribution in [3.63, 3.8) is 0 Å². The number of hydrogen-bond acceptors (Lipinski definition) is 6. The van der Waals surface area contributed by atoms with E-state index in [9.17, 15) is 5.11 Å². The van der Waals surface area contributed by atoms with Crippen LogP contribution in [0.2, 0.25) is 0 Å². The molecule has 0 amide bonds. The van der Waals surface area contributed by atoms with E-state index in [4.69, 9.17) is 10.1 Å². The second-order valence-corrected chi connectivity index (χ2v) is 8.98. The maximum Gasteiger partial charge on any atom is 0.166 e. The van der Waals surface area contributed by atoms with Gasteiger partial charge in [0.2, 0.25) is 0 Å². The lowest BCUT2D eigenvalue weighted by molar-refractivity contribution is 0.188. The molecule has 0 atom stereocenters. The number of benzene rings is 2. The van der Waals surface area contributed by atoms with Gasteiger partial charge in [-0.3, -0.25) is 9.88 Å². The first-order valence-corrected chi connectivity index (χ1v) is 12.3. The van der Waals surface area contributed by atoms with Gasteiger partial charge in [-0.05, 0) is 17.7 Å². The smallest absolute Gasteiger partial charge is 0.166 e. The molecule has 3 aromatic heterocycles. The predicted molar refractivity (Wildman–Crippen MR) is 143 cm³/mol. The predicted octanol–water partition coefficient (Wildman–Crippen LogP) is 4.24. The molecular weight excluding hydrogens is 448 g/mol. The summed E-state index contributed by atoms with van der Waals surface area (Å²) in [5.41, 5.74) is 6.83. The molecule has 7 nitrogen and oxygen atoms in total. The van der Waals surface area contributed by atoms with E-state index in [1.54, 1.807) is 12.4 Å². The molecule has 1 N–H and O–H groups in total. The fourth-order valence-electron chi connectivity index (χ4n) is 4.91. The van der Waals surface area contributed by atoms with Crippen LogP contribution in [0.15, 0.2) is 91.3 Å². The van der Waals surface area contributed by atoms with E-state index in [1.165, 1.54) is 0 Å². The van der Waals surface area contributed by atoms with Crippen LogP contribution in [0.1, 0.15) is 0 Å². The Kier molecular flexibility index (Phi) is 6.15. The number of hydrogen-bond donors (Lipinski definition) is 1. The Bertz CT molecular complexity index is 1450. The first-order chi connectivity index (χ1) is 17.8.